The summed E-state index contributed by atoms with van der Waals surface area (Å²) in [5.74, 6) is -0.316. The molecule has 9 heteroatoms. The van der Waals surface area contributed by atoms with Gasteiger partial charge in [0.2, 0.25) is 0 Å². The molecule has 0 aromatic carbocycles. The molecule has 3 aromatic heterocycles. The van der Waals surface area contributed by atoms with E-state index in [1.54, 1.807) is 10.1 Å². The molecule has 24 heavy (non-hydrogen) atoms. The van der Waals surface area contributed by atoms with Gasteiger partial charge in [-0.1, -0.05) is 0 Å². The molecule has 0 bridgehead atoms. The topological polar surface area (TPSA) is 88.9 Å². The number of aromatic nitrogens is 3. The highest BCUT2D eigenvalue weighted by Crippen LogP contribution is 2.28. The minimum Gasteiger partial charge on any atom is -0.352 e. The van der Waals surface area contributed by atoms with Crippen LogP contribution in [-0.4, -0.2) is 33.1 Å². The van der Waals surface area contributed by atoms with Gasteiger partial charge in [-0.3, -0.25) is 14.3 Å². The van der Waals surface area contributed by atoms with Crippen molar-refractivity contribution in [3.05, 3.63) is 32.7 Å². The van der Waals surface area contributed by atoms with Gasteiger partial charge < -0.3 is 10.6 Å². The Bertz CT molecular complexity index is 908. The summed E-state index contributed by atoms with van der Waals surface area (Å²) in [6, 6.07) is 1.83. The van der Waals surface area contributed by atoms with E-state index in [1.165, 1.54) is 22.7 Å². The summed E-state index contributed by atoms with van der Waals surface area (Å²) < 4.78 is 1.73. The van der Waals surface area contributed by atoms with Gasteiger partial charge in [0.15, 0.2) is 0 Å². The molecule has 0 spiro atoms. The SMILES string of the molecule is CCNC(=O)c1cc2c(CNC(=O)c3csc(C)n3)nn(C)c2s1. The Balaban J connectivity index is 1.79. The standard InChI is InChI=1S/C15H17N5O2S2/c1-4-16-14(22)12-5-9-10(19-20(3)15(9)24-12)6-17-13(21)11-7-23-8(2)18-11/h5,7H,4,6H2,1-3H3,(H,16,22)(H,17,21). The number of thiazole rings is 1. The zero-order valence-corrected chi connectivity index (χ0v) is 15.2. The lowest BCUT2D eigenvalue weighted by Crippen LogP contribution is -2.23. The van der Waals surface area contributed by atoms with Crippen LogP contribution in [0.25, 0.3) is 10.2 Å². The number of rotatable bonds is 5. The second-order valence-electron chi connectivity index (χ2n) is 5.19. The summed E-state index contributed by atoms with van der Waals surface area (Å²) in [6.45, 7) is 4.62. The summed E-state index contributed by atoms with van der Waals surface area (Å²) >= 11 is 2.83. The number of nitrogens with zero attached hydrogens (tertiary/aromatic N) is 3. The van der Waals surface area contributed by atoms with Crippen molar-refractivity contribution in [1.29, 1.82) is 0 Å². The fourth-order valence-electron chi connectivity index (χ4n) is 2.32. The molecular weight excluding hydrogens is 346 g/mol. The van der Waals surface area contributed by atoms with Gasteiger partial charge in [0.1, 0.15) is 10.5 Å². The van der Waals surface area contributed by atoms with Gasteiger partial charge in [-0.2, -0.15) is 5.10 Å². The first-order chi connectivity index (χ1) is 11.5. The maximum Gasteiger partial charge on any atom is 0.271 e. The first kappa shape index (κ1) is 16.6. The van der Waals surface area contributed by atoms with E-state index in [9.17, 15) is 9.59 Å². The van der Waals surface area contributed by atoms with Crippen molar-refractivity contribution in [2.75, 3.05) is 6.54 Å². The highest BCUT2D eigenvalue weighted by molar-refractivity contribution is 7.20. The van der Waals surface area contributed by atoms with Gasteiger partial charge in [-0.15, -0.1) is 22.7 Å². The summed E-state index contributed by atoms with van der Waals surface area (Å²) in [4.78, 5) is 29.8. The maximum atomic E-state index is 12.1. The Morgan fingerprint density at radius 2 is 2.08 bits per heavy atom. The van der Waals surface area contributed by atoms with Crippen LogP contribution in [-0.2, 0) is 13.6 Å². The second kappa shape index (κ2) is 6.70. The van der Waals surface area contributed by atoms with E-state index in [0.29, 0.717) is 17.1 Å². The highest BCUT2D eigenvalue weighted by atomic mass is 32.1. The molecule has 0 atom stereocenters. The molecule has 0 aliphatic heterocycles. The van der Waals surface area contributed by atoms with Gasteiger partial charge in [-0.05, 0) is 19.9 Å². The number of hydrogen-bond donors (Lipinski definition) is 2. The Morgan fingerprint density at radius 1 is 1.29 bits per heavy atom. The second-order valence-corrected chi connectivity index (χ2v) is 7.29. The molecule has 0 aliphatic rings. The van der Waals surface area contributed by atoms with Crippen molar-refractivity contribution >= 4 is 44.7 Å². The van der Waals surface area contributed by atoms with Crippen LogP contribution in [0.3, 0.4) is 0 Å². The van der Waals surface area contributed by atoms with Crippen molar-refractivity contribution in [2.45, 2.75) is 20.4 Å². The quantitative estimate of drug-likeness (QED) is 0.726. The predicted octanol–water partition coefficient (Wildman–Crippen LogP) is 2.08. The highest BCUT2D eigenvalue weighted by Gasteiger charge is 2.17. The van der Waals surface area contributed by atoms with Crippen LogP contribution in [0.5, 0.6) is 0 Å². The van der Waals surface area contributed by atoms with Crippen LogP contribution in [0, 0.1) is 6.92 Å². The lowest BCUT2D eigenvalue weighted by molar-refractivity contribution is 0.0942. The van der Waals surface area contributed by atoms with Crippen LogP contribution < -0.4 is 10.6 Å². The number of thiophene rings is 1. The minimum atomic E-state index is -0.225. The zero-order chi connectivity index (χ0) is 17.3. The summed E-state index contributed by atoms with van der Waals surface area (Å²) in [7, 11) is 1.83. The Kier molecular flexibility index (Phi) is 4.63. The van der Waals surface area contributed by atoms with Crippen molar-refractivity contribution in [1.82, 2.24) is 25.4 Å². The molecule has 0 saturated carbocycles. The van der Waals surface area contributed by atoms with Gasteiger partial charge in [0, 0.05) is 24.4 Å². The Morgan fingerprint density at radius 3 is 2.75 bits per heavy atom. The average molecular weight is 363 g/mol. The summed E-state index contributed by atoms with van der Waals surface area (Å²) in [5, 5.41) is 13.5. The van der Waals surface area contributed by atoms with E-state index < -0.39 is 0 Å². The first-order valence-electron chi connectivity index (χ1n) is 7.43. The summed E-state index contributed by atoms with van der Waals surface area (Å²) in [5.41, 5.74) is 1.15. The lowest BCUT2D eigenvalue weighted by Gasteiger charge is -2.01. The lowest BCUT2D eigenvalue weighted by atomic mass is 10.2. The van der Waals surface area contributed by atoms with Crippen LogP contribution in [0.4, 0.5) is 0 Å². The van der Waals surface area contributed by atoms with Crippen LogP contribution >= 0.6 is 22.7 Å². The largest absolute Gasteiger partial charge is 0.352 e. The van der Waals surface area contributed by atoms with Crippen molar-refractivity contribution in [3.63, 3.8) is 0 Å². The number of nitrogens with one attached hydrogen (secondary N) is 2. The van der Waals surface area contributed by atoms with Gasteiger partial charge >= 0.3 is 0 Å². The Labute approximate surface area is 146 Å². The van der Waals surface area contributed by atoms with Crippen LogP contribution in [0.15, 0.2) is 11.4 Å². The molecule has 2 N–H and O–H groups in total. The molecule has 0 fully saturated rings. The fraction of sp³-hybridized carbons (Fsp3) is 0.333. The summed E-state index contributed by atoms with van der Waals surface area (Å²) in [6.07, 6.45) is 0. The van der Waals surface area contributed by atoms with Gasteiger partial charge in [0.05, 0.1) is 22.1 Å². The van der Waals surface area contributed by atoms with E-state index in [1.807, 2.05) is 27.0 Å². The van der Waals surface area contributed by atoms with Crippen LogP contribution in [0.1, 0.15) is 37.8 Å². The van der Waals surface area contributed by atoms with Crippen molar-refractivity contribution in [2.24, 2.45) is 7.05 Å². The molecule has 3 aromatic rings. The predicted molar refractivity (Wildman–Crippen MR) is 94.6 cm³/mol. The Hall–Kier alpha value is -2.26. The number of aryl methyl sites for hydroxylation is 2. The third-order valence-corrected chi connectivity index (χ3v) is 5.39. The molecule has 126 valence electrons. The maximum absolute atomic E-state index is 12.1. The van der Waals surface area contributed by atoms with Gasteiger partial charge in [0.25, 0.3) is 11.8 Å². The number of amides is 2. The first-order valence-corrected chi connectivity index (χ1v) is 9.13. The monoisotopic (exact) mass is 363 g/mol. The molecule has 3 heterocycles. The molecule has 7 nitrogen and oxygen atoms in total. The number of carbonyl (C=O) groups excluding carboxylic acids is 2. The fourth-order valence-corrected chi connectivity index (χ4v) is 3.92. The van der Waals surface area contributed by atoms with Gasteiger partial charge in [-0.25, -0.2) is 4.98 Å². The zero-order valence-electron chi connectivity index (χ0n) is 13.5. The third kappa shape index (κ3) is 3.17. The number of carbonyl (C=O) groups is 2. The van der Waals surface area contributed by atoms with E-state index in [0.717, 1.165) is 20.9 Å². The van der Waals surface area contributed by atoms with E-state index >= 15 is 0 Å². The molecule has 2 amide bonds. The molecule has 3 rings (SSSR count). The third-order valence-electron chi connectivity index (χ3n) is 3.42. The normalized spacial score (nSPS) is 11.0. The van der Waals surface area contributed by atoms with E-state index in [2.05, 4.69) is 20.7 Å². The molecule has 0 unspecified atom stereocenters. The smallest absolute Gasteiger partial charge is 0.271 e. The average Bonchev–Trinajstić information content (AvgIpc) is 3.23. The minimum absolute atomic E-state index is 0.0911. The number of hydrogen-bond acceptors (Lipinski definition) is 6. The molecule has 0 radical (unpaired) electrons. The van der Waals surface area contributed by atoms with Crippen molar-refractivity contribution < 1.29 is 9.59 Å². The van der Waals surface area contributed by atoms with Crippen molar-refractivity contribution in [3.8, 4) is 0 Å². The molecule has 0 aliphatic carbocycles. The van der Waals surface area contributed by atoms with E-state index in [4.69, 9.17) is 0 Å². The molecule has 0 saturated heterocycles. The number of fused-ring (bicyclic) bond motifs is 1. The van der Waals surface area contributed by atoms with Crippen LogP contribution in [0.2, 0.25) is 0 Å². The molecular formula is C15H17N5O2S2. The van der Waals surface area contributed by atoms with E-state index in [-0.39, 0.29) is 18.4 Å².